The Morgan fingerprint density at radius 3 is 2.73 bits per heavy atom. The largest absolute Gasteiger partial charge is 0.467 e. The van der Waals surface area contributed by atoms with Crippen LogP contribution in [0, 0.1) is 13.8 Å². The highest BCUT2D eigenvalue weighted by Crippen LogP contribution is 2.27. The molecule has 4 nitrogen and oxygen atoms in total. The number of fused-ring (bicyclic) bond motifs is 1. The van der Waals surface area contributed by atoms with Crippen LogP contribution in [0.2, 0.25) is 0 Å². The number of amides is 1. The summed E-state index contributed by atoms with van der Waals surface area (Å²) in [4.78, 5) is 14.0. The van der Waals surface area contributed by atoms with E-state index in [1.54, 1.807) is 24.5 Å². The minimum absolute atomic E-state index is 0.0392. The highest BCUT2D eigenvalue weighted by Gasteiger charge is 2.16. The second-order valence-corrected chi connectivity index (χ2v) is 5.65. The zero-order valence-corrected chi connectivity index (χ0v) is 13.1. The molecule has 0 spiro atoms. The number of benzene rings is 1. The molecular weight excluding hydrogens is 278 g/mol. The van der Waals surface area contributed by atoms with Gasteiger partial charge in [-0.15, -0.1) is 0 Å². The maximum atomic E-state index is 12.4. The van der Waals surface area contributed by atoms with E-state index in [0.717, 1.165) is 27.9 Å². The molecule has 3 aromatic rings. The second-order valence-electron chi connectivity index (χ2n) is 5.65. The summed E-state index contributed by atoms with van der Waals surface area (Å²) in [5.74, 6) is 0.816. The molecule has 0 saturated carbocycles. The molecular formula is C18H19NO3. The Bertz CT molecular complexity index is 799. The molecule has 0 aliphatic rings. The molecule has 0 fully saturated rings. The molecule has 4 heteroatoms. The van der Waals surface area contributed by atoms with Crippen molar-refractivity contribution in [2.75, 3.05) is 7.05 Å². The Labute approximate surface area is 129 Å². The van der Waals surface area contributed by atoms with Gasteiger partial charge in [0, 0.05) is 18.0 Å². The third-order valence-electron chi connectivity index (χ3n) is 4.08. The van der Waals surface area contributed by atoms with Crippen LogP contribution in [0.15, 0.2) is 45.6 Å². The minimum atomic E-state index is 0.0392. The van der Waals surface area contributed by atoms with Gasteiger partial charge in [0.05, 0.1) is 25.5 Å². The molecule has 114 valence electrons. The Hall–Kier alpha value is -2.49. The van der Waals surface area contributed by atoms with Gasteiger partial charge < -0.3 is 13.7 Å². The number of carbonyl (C=O) groups is 1. The quantitative estimate of drug-likeness (QED) is 0.735. The van der Waals surface area contributed by atoms with Crippen molar-refractivity contribution in [3.63, 3.8) is 0 Å². The zero-order valence-electron chi connectivity index (χ0n) is 13.1. The Balaban J connectivity index is 1.78. The van der Waals surface area contributed by atoms with Crippen molar-refractivity contribution in [2.45, 2.75) is 26.8 Å². The normalized spacial score (nSPS) is 11.0. The molecule has 0 radical (unpaired) electrons. The highest BCUT2D eigenvalue weighted by atomic mass is 16.3. The van der Waals surface area contributed by atoms with Gasteiger partial charge in [0.2, 0.25) is 5.91 Å². The average molecular weight is 297 g/mol. The zero-order chi connectivity index (χ0) is 15.7. The average Bonchev–Trinajstić information content (AvgIpc) is 3.13. The summed E-state index contributed by atoms with van der Waals surface area (Å²) in [6, 6.07) is 7.77. The smallest absolute Gasteiger partial charge is 0.227 e. The summed E-state index contributed by atoms with van der Waals surface area (Å²) in [6.45, 7) is 4.56. The number of rotatable bonds is 4. The van der Waals surface area contributed by atoms with Gasteiger partial charge in [0.25, 0.3) is 0 Å². The van der Waals surface area contributed by atoms with Gasteiger partial charge in [-0.05, 0) is 37.1 Å². The molecule has 1 aromatic carbocycles. The van der Waals surface area contributed by atoms with E-state index in [1.807, 2.05) is 25.1 Å². The van der Waals surface area contributed by atoms with Crippen LogP contribution >= 0.6 is 0 Å². The lowest BCUT2D eigenvalue weighted by Gasteiger charge is -2.15. The van der Waals surface area contributed by atoms with Gasteiger partial charge in [-0.3, -0.25) is 4.79 Å². The van der Waals surface area contributed by atoms with Gasteiger partial charge in [-0.1, -0.05) is 12.1 Å². The van der Waals surface area contributed by atoms with Crippen molar-refractivity contribution in [2.24, 2.45) is 0 Å². The monoisotopic (exact) mass is 297 g/mol. The summed E-state index contributed by atoms with van der Waals surface area (Å²) < 4.78 is 10.9. The van der Waals surface area contributed by atoms with Crippen molar-refractivity contribution in [3.05, 3.63) is 59.2 Å². The molecule has 0 aliphatic carbocycles. The maximum Gasteiger partial charge on any atom is 0.227 e. The lowest BCUT2D eigenvalue weighted by atomic mass is 10.0. The maximum absolute atomic E-state index is 12.4. The van der Waals surface area contributed by atoms with Crippen LogP contribution in [0.5, 0.6) is 0 Å². The van der Waals surface area contributed by atoms with Crippen molar-refractivity contribution in [1.29, 1.82) is 0 Å². The lowest BCUT2D eigenvalue weighted by molar-refractivity contribution is -0.129. The minimum Gasteiger partial charge on any atom is -0.467 e. The van der Waals surface area contributed by atoms with E-state index in [-0.39, 0.29) is 5.91 Å². The fourth-order valence-corrected chi connectivity index (χ4v) is 2.55. The van der Waals surface area contributed by atoms with Gasteiger partial charge in [0.1, 0.15) is 11.3 Å². The number of hydrogen-bond acceptors (Lipinski definition) is 3. The lowest BCUT2D eigenvalue weighted by Crippen LogP contribution is -2.27. The van der Waals surface area contributed by atoms with E-state index in [4.69, 9.17) is 8.83 Å². The van der Waals surface area contributed by atoms with Crippen LogP contribution in [0.25, 0.3) is 11.0 Å². The first kappa shape index (κ1) is 14.4. The van der Waals surface area contributed by atoms with Crippen LogP contribution in [0.1, 0.15) is 22.5 Å². The first-order valence-electron chi connectivity index (χ1n) is 7.29. The Kier molecular flexibility index (Phi) is 3.75. The third-order valence-corrected chi connectivity index (χ3v) is 4.08. The number of furan rings is 2. The number of nitrogens with zero attached hydrogens (tertiary/aromatic N) is 1. The van der Waals surface area contributed by atoms with E-state index in [9.17, 15) is 4.79 Å². The van der Waals surface area contributed by atoms with Crippen LogP contribution in [0.4, 0.5) is 0 Å². The number of likely N-dealkylation sites (N-methyl/N-ethyl adjacent to an activating group) is 1. The van der Waals surface area contributed by atoms with Crippen molar-refractivity contribution in [3.8, 4) is 0 Å². The third kappa shape index (κ3) is 2.64. The Morgan fingerprint density at radius 2 is 2.00 bits per heavy atom. The summed E-state index contributed by atoms with van der Waals surface area (Å²) in [7, 11) is 1.78. The molecule has 0 unspecified atom stereocenters. The molecule has 22 heavy (non-hydrogen) atoms. The van der Waals surface area contributed by atoms with E-state index in [0.29, 0.717) is 13.0 Å². The molecule has 2 heterocycles. The molecule has 0 saturated heterocycles. The summed E-state index contributed by atoms with van der Waals surface area (Å²) in [5.41, 5.74) is 4.11. The van der Waals surface area contributed by atoms with E-state index in [2.05, 4.69) is 13.0 Å². The number of hydrogen-bond donors (Lipinski definition) is 0. The topological polar surface area (TPSA) is 46.6 Å². The first-order valence-corrected chi connectivity index (χ1v) is 7.29. The van der Waals surface area contributed by atoms with E-state index in [1.165, 1.54) is 5.56 Å². The SMILES string of the molecule is Cc1ccc2c(CC(=O)N(C)Cc3ccco3)coc2c1C. The summed E-state index contributed by atoms with van der Waals surface area (Å²) >= 11 is 0. The van der Waals surface area contributed by atoms with Crippen molar-refractivity contribution >= 4 is 16.9 Å². The molecule has 0 atom stereocenters. The molecule has 0 bridgehead atoms. The van der Waals surface area contributed by atoms with Gasteiger partial charge >= 0.3 is 0 Å². The predicted molar refractivity (Wildman–Crippen MR) is 84.6 cm³/mol. The second kappa shape index (κ2) is 5.72. The van der Waals surface area contributed by atoms with Crippen LogP contribution < -0.4 is 0 Å². The van der Waals surface area contributed by atoms with Gasteiger partial charge in [0.15, 0.2) is 0 Å². The van der Waals surface area contributed by atoms with Gasteiger partial charge in [-0.2, -0.15) is 0 Å². The molecule has 0 N–H and O–H groups in total. The van der Waals surface area contributed by atoms with E-state index >= 15 is 0 Å². The van der Waals surface area contributed by atoms with E-state index < -0.39 is 0 Å². The van der Waals surface area contributed by atoms with Crippen molar-refractivity contribution in [1.82, 2.24) is 4.90 Å². The molecule has 2 aromatic heterocycles. The fraction of sp³-hybridized carbons (Fsp3) is 0.278. The van der Waals surface area contributed by atoms with Gasteiger partial charge in [-0.25, -0.2) is 0 Å². The number of carbonyl (C=O) groups excluding carboxylic acids is 1. The predicted octanol–water partition coefficient (Wildman–Crippen LogP) is 3.84. The first-order chi connectivity index (χ1) is 10.6. The van der Waals surface area contributed by atoms with Crippen LogP contribution in [-0.4, -0.2) is 17.9 Å². The summed E-state index contributed by atoms with van der Waals surface area (Å²) in [6.07, 6.45) is 3.63. The number of aryl methyl sites for hydroxylation is 2. The molecule has 3 rings (SSSR count). The van der Waals surface area contributed by atoms with Crippen molar-refractivity contribution < 1.29 is 13.6 Å². The summed E-state index contributed by atoms with van der Waals surface area (Å²) in [5, 5.41) is 1.02. The molecule has 0 aliphatic heterocycles. The Morgan fingerprint density at radius 1 is 1.18 bits per heavy atom. The molecule has 1 amide bonds. The van der Waals surface area contributed by atoms with Crippen LogP contribution in [0.3, 0.4) is 0 Å². The van der Waals surface area contributed by atoms with Crippen LogP contribution in [-0.2, 0) is 17.8 Å². The fourth-order valence-electron chi connectivity index (χ4n) is 2.55. The highest BCUT2D eigenvalue weighted by molar-refractivity contribution is 5.89. The standard InChI is InChI=1S/C18H19NO3/c1-12-6-7-16-14(11-22-18(16)13(12)2)9-17(20)19(3)10-15-5-4-8-21-15/h4-8,11H,9-10H2,1-3H3.